The predicted molar refractivity (Wildman–Crippen MR) is 159 cm³/mol. The molecule has 0 aliphatic rings. The summed E-state index contributed by atoms with van der Waals surface area (Å²) in [6.07, 6.45) is 1.84. The summed E-state index contributed by atoms with van der Waals surface area (Å²) in [6, 6.07) is 41.0. The van der Waals surface area contributed by atoms with Crippen molar-refractivity contribution in [3.05, 3.63) is 127 Å². The van der Waals surface area contributed by atoms with E-state index >= 15 is 0 Å². The van der Waals surface area contributed by atoms with Gasteiger partial charge in [-0.2, -0.15) is 5.26 Å². The van der Waals surface area contributed by atoms with E-state index in [1.807, 2.05) is 54.7 Å². The second-order valence-electron chi connectivity index (χ2n) is 9.29. The van der Waals surface area contributed by atoms with E-state index in [0.29, 0.717) is 5.56 Å². The number of hydrogen-bond donors (Lipinski definition) is 0. The van der Waals surface area contributed by atoms with E-state index in [4.69, 9.17) is 20.2 Å². The number of aromatic nitrogens is 3. The summed E-state index contributed by atoms with van der Waals surface area (Å²) in [5.41, 5.74) is 10.8. The zero-order valence-corrected chi connectivity index (χ0v) is 21.6. The van der Waals surface area contributed by atoms with E-state index in [1.54, 1.807) is 11.3 Å². The summed E-state index contributed by atoms with van der Waals surface area (Å²) in [5, 5.41) is 10.0. The highest BCUT2D eigenvalue weighted by Gasteiger charge is 2.09. The third kappa shape index (κ3) is 4.44. The second-order valence-corrected chi connectivity index (χ2v) is 10.3. The molecule has 0 radical (unpaired) electrons. The van der Waals surface area contributed by atoms with Gasteiger partial charge >= 0.3 is 0 Å². The van der Waals surface area contributed by atoms with Crippen LogP contribution in [0.5, 0.6) is 0 Å². The molecule has 5 aromatic carbocycles. The van der Waals surface area contributed by atoms with Crippen LogP contribution in [-0.2, 0) is 0 Å². The fourth-order valence-electron chi connectivity index (χ4n) is 4.70. The minimum Gasteiger partial charge on any atom is -0.252 e. The third-order valence-corrected chi connectivity index (χ3v) is 7.91. The van der Waals surface area contributed by atoms with Crippen LogP contribution in [0.3, 0.4) is 0 Å². The number of fused-ring (bicyclic) bond motifs is 2. The van der Waals surface area contributed by atoms with Gasteiger partial charge in [-0.25, -0.2) is 9.97 Å². The summed E-state index contributed by atoms with van der Waals surface area (Å²) < 4.78 is 1.19. The molecule has 0 spiro atoms. The van der Waals surface area contributed by atoms with Gasteiger partial charge in [0.15, 0.2) is 0 Å². The van der Waals surface area contributed by atoms with Crippen LogP contribution in [0.1, 0.15) is 5.56 Å². The molecular weight excluding hydrogens is 496 g/mol. The van der Waals surface area contributed by atoms with Crippen molar-refractivity contribution in [2.45, 2.75) is 0 Å². The first-order valence-corrected chi connectivity index (χ1v) is 13.4. The van der Waals surface area contributed by atoms with Crippen LogP contribution in [0.25, 0.3) is 65.3 Å². The van der Waals surface area contributed by atoms with Crippen molar-refractivity contribution in [1.82, 2.24) is 15.0 Å². The van der Waals surface area contributed by atoms with Gasteiger partial charge in [0.25, 0.3) is 0 Å². The number of nitriles is 1. The van der Waals surface area contributed by atoms with Crippen molar-refractivity contribution >= 4 is 32.6 Å². The Morgan fingerprint density at radius 3 is 1.87 bits per heavy atom. The Balaban J connectivity index is 1.13. The average molecular weight is 517 g/mol. The highest BCUT2D eigenvalue weighted by atomic mass is 32.1. The molecule has 0 unspecified atom stereocenters. The van der Waals surface area contributed by atoms with Gasteiger partial charge < -0.3 is 0 Å². The lowest BCUT2D eigenvalue weighted by Gasteiger charge is -2.07. The minimum atomic E-state index is 0.664. The Morgan fingerprint density at radius 1 is 0.538 bits per heavy atom. The van der Waals surface area contributed by atoms with E-state index < -0.39 is 0 Å². The first-order chi connectivity index (χ1) is 19.2. The monoisotopic (exact) mass is 516 g/mol. The molecule has 39 heavy (non-hydrogen) atoms. The third-order valence-electron chi connectivity index (χ3n) is 6.83. The number of nitrogens with zero attached hydrogens (tertiary/aromatic N) is 4. The fraction of sp³-hybridized carbons (Fsp3) is 0. The van der Waals surface area contributed by atoms with E-state index in [9.17, 15) is 0 Å². The zero-order valence-electron chi connectivity index (χ0n) is 20.7. The molecule has 7 aromatic rings. The molecule has 4 nitrogen and oxygen atoms in total. The number of thiazole rings is 1. The Kier molecular flexibility index (Phi) is 5.66. The maximum atomic E-state index is 9.02. The van der Waals surface area contributed by atoms with E-state index in [2.05, 4.69) is 72.8 Å². The molecule has 5 heteroatoms. The Bertz CT molecular complexity index is 1970. The highest BCUT2D eigenvalue weighted by Crippen LogP contribution is 2.32. The number of rotatable bonds is 4. The lowest BCUT2D eigenvalue weighted by Crippen LogP contribution is -1.90. The number of para-hydroxylation sites is 1. The van der Waals surface area contributed by atoms with Crippen LogP contribution in [0.2, 0.25) is 0 Å². The number of hydrogen-bond acceptors (Lipinski definition) is 5. The fourth-order valence-corrected chi connectivity index (χ4v) is 5.67. The Morgan fingerprint density at radius 2 is 1.15 bits per heavy atom. The van der Waals surface area contributed by atoms with Crippen molar-refractivity contribution in [1.29, 1.82) is 5.26 Å². The lowest BCUT2D eigenvalue weighted by atomic mass is 9.99. The highest BCUT2D eigenvalue weighted by molar-refractivity contribution is 7.21. The molecule has 182 valence electrons. The van der Waals surface area contributed by atoms with E-state index in [0.717, 1.165) is 60.6 Å². The predicted octanol–water partition coefficient (Wildman–Crippen LogP) is 8.78. The standard InChI is InChI=1S/C34H20N4S/c35-20-22-5-7-23(8-6-22)24-9-11-25(12-10-24)28-17-18-29-31(19-28)36-21-32(37-29)26-13-15-27(16-14-26)34-38-30-3-1-2-4-33(30)39-34/h1-19,21H. The van der Waals surface area contributed by atoms with Gasteiger partial charge in [0.1, 0.15) is 5.01 Å². The van der Waals surface area contributed by atoms with Gasteiger partial charge in [0, 0.05) is 11.1 Å². The Hall–Kier alpha value is -5.18. The van der Waals surface area contributed by atoms with Crippen LogP contribution >= 0.6 is 11.3 Å². The van der Waals surface area contributed by atoms with Gasteiger partial charge in [-0.05, 0) is 58.7 Å². The topological polar surface area (TPSA) is 62.5 Å². The molecule has 0 N–H and O–H groups in total. The molecule has 7 rings (SSSR count). The summed E-state index contributed by atoms with van der Waals surface area (Å²) in [4.78, 5) is 14.4. The van der Waals surface area contributed by atoms with Crippen LogP contribution < -0.4 is 0 Å². The van der Waals surface area contributed by atoms with Crippen molar-refractivity contribution in [2.24, 2.45) is 0 Å². The molecule has 0 aliphatic heterocycles. The summed E-state index contributed by atoms with van der Waals surface area (Å²) >= 11 is 1.70. The normalized spacial score (nSPS) is 11.1. The molecule has 2 aromatic heterocycles. The molecule has 0 fully saturated rings. The molecule has 0 aliphatic carbocycles. The summed E-state index contributed by atoms with van der Waals surface area (Å²) in [7, 11) is 0. The van der Waals surface area contributed by atoms with Crippen LogP contribution in [-0.4, -0.2) is 15.0 Å². The van der Waals surface area contributed by atoms with Gasteiger partial charge in [0.2, 0.25) is 0 Å². The van der Waals surface area contributed by atoms with Crippen molar-refractivity contribution in [2.75, 3.05) is 0 Å². The van der Waals surface area contributed by atoms with Gasteiger partial charge in [-0.1, -0.05) is 78.9 Å². The van der Waals surface area contributed by atoms with Gasteiger partial charge in [-0.15, -0.1) is 11.3 Å². The van der Waals surface area contributed by atoms with Crippen LogP contribution in [0.15, 0.2) is 121 Å². The van der Waals surface area contributed by atoms with Gasteiger partial charge in [0.05, 0.1) is 44.8 Å². The molecule has 0 saturated carbocycles. The number of benzene rings is 5. The summed E-state index contributed by atoms with van der Waals surface area (Å²) in [5.74, 6) is 0. The van der Waals surface area contributed by atoms with Crippen LogP contribution in [0.4, 0.5) is 0 Å². The maximum absolute atomic E-state index is 9.02. The van der Waals surface area contributed by atoms with Crippen molar-refractivity contribution in [3.8, 4) is 50.2 Å². The van der Waals surface area contributed by atoms with Gasteiger partial charge in [-0.3, -0.25) is 4.98 Å². The van der Waals surface area contributed by atoms with Crippen LogP contribution in [0, 0.1) is 11.3 Å². The molecule has 0 saturated heterocycles. The molecule has 0 amide bonds. The first-order valence-electron chi connectivity index (χ1n) is 12.6. The molecule has 0 bridgehead atoms. The lowest BCUT2D eigenvalue weighted by molar-refractivity contribution is 1.29. The maximum Gasteiger partial charge on any atom is 0.124 e. The van der Waals surface area contributed by atoms with E-state index in [1.165, 1.54) is 4.70 Å². The summed E-state index contributed by atoms with van der Waals surface area (Å²) in [6.45, 7) is 0. The van der Waals surface area contributed by atoms with Crippen molar-refractivity contribution < 1.29 is 0 Å². The zero-order chi connectivity index (χ0) is 26.2. The minimum absolute atomic E-state index is 0.664. The smallest absolute Gasteiger partial charge is 0.124 e. The Labute approximate surface area is 229 Å². The SMILES string of the molecule is N#Cc1ccc(-c2ccc(-c3ccc4nc(-c5ccc(-c6nc7ccccc7s6)cc5)cnc4c3)cc2)cc1. The largest absolute Gasteiger partial charge is 0.252 e. The average Bonchev–Trinajstić information content (AvgIpc) is 3.45. The first kappa shape index (κ1) is 23.0. The molecule has 2 heterocycles. The molecular formula is C34H20N4S. The van der Waals surface area contributed by atoms with E-state index in [-0.39, 0.29) is 0 Å². The second kappa shape index (κ2) is 9.60. The molecule has 0 atom stereocenters. The quantitative estimate of drug-likeness (QED) is 0.235. The van der Waals surface area contributed by atoms with Crippen molar-refractivity contribution in [3.63, 3.8) is 0 Å².